The Morgan fingerprint density at radius 3 is 1.17 bits per heavy atom. The van der Waals surface area contributed by atoms with Crippen molar-refractivity contribution in [3.63, 3.8) is 0 Å². The van der Waals surface area contributed by atoms with E-state index in [4.69, 9.17) is 15.0 Å². The molecule has 8 aromatic carbocycles. The fraction of sp³-hybridized carbons (Fsp3) is 0. The molecule has 0 N–H and O–H groups in total. The van der Waals surface area contributed by atoms with E-state index in [1.165, 1.54) is 49.7 Å². The van der Waals surface area contributed by atoms with Crippen molar-refractivity contribution in [1.29, 1.82) is 0 Å². The van der Waals surface area contributed by atoms with Crippen molar-refractivity contribution < 1.29 is 0 Å². The van der Waals surface area contributed by atoms with Crippen molar-refractivity contribution >= 4 is 10.8 Å². The minimum absolute atomic E-state index is 0.638. The highest BCUT2D eigenvalue weighted by atomic mass is 15.0. The van der Waals surface area contributed by atoms with Crippen molar-refractivity contribution in [2.45, 2.75) is 0 Å². The molecule has 0 aliphatic heterocycles. The Bertz CT molecular complexity index is 2630. The van der Waals surface area contributed by atoms with Gasteiger partial charge < -0.3 is 0 Å². The van der Waals surface area contributed by atoms with Gasteiger partial charge in [-0.15, -0.1) is 0 Å². The lowest BCUT2D eigenvalue weighted by Crippen LogP contribution is -2.01. The number of benzene rings is 8. The summed E-state index contributed by atoms with van der Waals surface area (Å²) in [6.45, 7) is 0. The van der Waals surface area contributed by atoms with Crippen LogP contribution >= 0.6 is 0 Å². The third-order valence-corrected chi connectivity index (χ3v) is 10.1. The third-order valence-electron chi connectivity index (χ3n) is 10.1. The molecule has 10 rings (SSSR count). The fourth-order valence-corrected chi connectivity index (χ4v) is 7.54. The van der Waals surface area contributed by atoms with Crippen LogP contribution in [0.2, 0.25) is 0 Å². The Labute approximate surface area is 302 Å². The summed E-state index contributed by atoms with van der Waals surface area (Å²) < 4.78 is 0. The van der Waals surface area contributed by atoms with Gasteiger partial charge >= 0.3 is 0 Å². The van der Waals surface area contributed by atoms with Crippen molar-refractivity contribution in [3.05, 3.63) is 188 Å². The summed E-state index contributed by atoms with van der Waals surface area (Å²) in [5.74, 6) is 1.92. The van der Waals surface area contributed by atoms with Crippen LogP contribution in [0.4, 0.5) is 0 Å². The molecule has 9 aromatic rings. The molecular formula is C49H31N3. The molecule has 0 saturated carbocycles. The summed E-state index contributed by atoms with van der Waals surface area (Å²) in [7, 11) is 0. The molecule has 0 unspecified atom stereocenters. The average molecular weight is 662 g/mol. The second-order valence-corrected chi connectivity index (χ2v) is 13.2. The van der Waals surface area contributed by atoms with Crippen LogP contribution in [0.1, 0.15) is 0 Å². The maximum Gasteiger partial charge on any atom is 0.164 e. The number of hydrogen-bond donors (Lipinski definition) is 0. The highest BCUT2D eigenvalue weighted by molar-refractivity contribution is 6.18. The third kappa shape index (κ3) is 5.19. The number of hydrogen-bond acceptors (Lipinski definition) is 3. The number of aromatic nitrogens is 3. The average Bonchev–Trinajstić information content (AvgIpc) is 3.56. The SMILES string of the molecule is c1ccc(-c2ccc(-c3nc(-c4ccc(-c5ccccc5)cc4)nc(-c4cc(-c5ccccc5)c5c(c4)-c4cccc6cccc-5c46)n3)cc2)cc1. The topological polar surface area (TPSA) is 38.7 Å². The molecule has 52 heavy (non-hydrogen) atoms. The second-order valence-electron chi connectivity index (χ2n) is 13.2. The molecular weight excluding hydrogens is 631 g/mol. The maximum absolute atomic E-state index is 5.20. The first-order chi connectivity index (χ1) is 25.8. The van der Waals surface area contributed by atoms with Crippen LogP contribution in [-0.4, -0.2) is 15.0 Å². The Morgan fingerprint density at radius 1 is 0.250 bits per heavy atom. The Kier molecular flexibility index (Phi) is 7.14. The van der Waals surface area contributed by atoms with E-state index in [9.17, 15) is 0 Å². The second kappa shape index (κ2) is 12.4. The molecule has 0 spiro atoms. The van der Waals surface area contributed by atoms with Crippen molar-refractivity contribution in [2.75, 3.05) is 0 Å². The van der Waals surface area contributed by atoms with Gasteiger partial charge in [-0.1, -0.05) is 176 Å². The molecule has 242 valence electrons. The molecule has 1 aliphatic rings. The minimum Gasteiger partial charge on any atom is -0.208 e. The predicted octanol–water partition coefficient (Wildman–Crippen LogP) is 12.7. The predicted molar refractivity (Wildman–Crippen MR) is 214 cm³/mol. The van der Waals surface area contributed by atoms with E-state index in [-0.39, 0.29) is 0 Å². The maximum atomic E-state index is 5.20. The van der Waals surface area contributed by atoms with Crippen LogP contribution in [0.15, 0.2) is 188 Å². The number of rotatable bonds is 6. The summed E-state index contributed by atoms with van der Waals surface area (Å²) in [5, 5.41) is 2.54. The Hall–Kier alpha value is -6.97. The summed E-state index contributed by atoms with van der Waals surface area (Å²) in [5.41, 5.74) is 14.8. The standard InChI is InChI=1S/C49H31N3/c1-4-12-32(13-5-1)34-22-26-38(27-23-34)47-50-48(39-28-24-35(25-29-39)33-14-6-2-7-15-33)52-49(51-47)40-30-43(36-16-8-3-9-17-36)46-42-21-11-19-37-18-10-20-41(45(37)42)44(46)31-40/h1-31H. The highest BCUT2D eigenvalue weighted by Gasteiger charge is 2.26. The molecule has 1 heterocycles. The van der Waals surface area contributed by atoms with Crippen LogP contribution < -0.4 is 0 Å². The van der Waals surface area contributed by atoms with Gasteiger partial charge in [0.05, 0.1) is 0 Å². The number of nitrogens with zero attached hydrogens (tertiary/aromatic N) is 3. The van der Waals surface area contributed by atoms with Gasteiger partial charge in [0, 0.05) is 16.7 Å². The Balaban J connectivity index is 1.17. The van der Waals surface area contributed by atoms with E-state index >= 15 is 0 Å². The molecule has 0 fully saturated rings. The van der Waals surface area contributed by atoms with Gasteiger partial charge in [-0.25, -0.2) is 15.0 Å². The molecule has 0 radical (unpaired) electrons. The molecule has 1 aliphatic carbocycles. The van der Waals surface area contributed by atoms with Gasteiger partial charge in [-0.2, -0.15) is 0 Å². The van der Waals surface area contributed by atoms with Crippen molar-refractivity contribution in [3.8, 4) is 89.8 Å². The van der Waals surface area contributed by atoms with Crippen molar-refractivity contribution in [1.82, 2.24) is 15.0 Å². The lowest BCUT2D eigenvalue weighted by molar-refractivity contribution is 1.07. The van der Waals surface area contributed by atoms with Crippen LogP contribution in [0, 0.1) is 0 Å². The van der Waals surface area contributed by atoms with Gasteiger partial charge in [0.2, 0.25) is 0 Å². The largest absolute Gasteiger partial charge is 0.208 e. The first-order valence-corrected chi connectivity index (χ1v) is 17.6. The van der Waals surface area contributed by atoms with Crippen LogP contribution in [-0.2, 0) is 0 Å². The van der Waals surface area contributed by atoms with Gasteiger partial charge in [0.25, 0.3) is 0 Å². The molecule has 0 bridgehead atoms. The monoisotopic (exact) mass is 661 g/mol. The Morgan fingerprint density at radius 2 is 0.654 bits per heavy atom. The van der Waals surface area contributed by atoms with Gasteiger partial charge in [0.15, 0.2) is 17.5 Å². The summed E-state index contributed by atoms with van der Waals surface area (Å²) in [6.07, 6.45) is 0. The van der Waals surface area contributed by atoms with E-state index in [1.807, 2.05) is 12.1 Å². The molecule has 1 aromatic heterocycles. The zero-order chi connectivity index (χ0) is 34.4. The first kappa shape index (κ1) is 29.9. The van der Waals surface area contributed by atoms with Gasteiger partial charge in [0.1, 0.15) is 0 Å². The molecule has 0 atom stereocenters. The molecule has 3 heteroatoms. The van der Waals surface area contributed by atoms with E-state index < -0.39 is 0 Å². The summed E-state index contributed by atoms with van der Waals surface area (Å²) in [4.78, 5) is 15.5. The fourth-order valence-electron chi connectivity index (χ4n) is 7.54. The number of fused-ring (bicyclic) bond motifs is 3. The minimum atomic E-state index is 0.638. The van der Waals surface area contributed by atoms with E-state index in [0.29, 0.717) is 17.5 Å². The summed E-state index contributed by atoms with van der Waals surface area (Å²) >= 11 is 0. The van der Waals surface area contributed by atoms with Crippen LogP contribution in [0.5, 0.6) is 0 Å². The smallest absolute Gasteiger partial charge is 0.164 e. The van der Waals surface area contributed by atoms with Crippen LogP contribution in [0.25, 0.3) is 101 Å². The zero-order valence-corrected chi connectivity index (χ0v) is 28.2. The quantitative estimate of drug-likeness (QED) is 0.178. The zero-order valence-electron chi connectivity index (χ0n) is 28.2. The van der Waals surface area contributed by atoms with Gasteiger partial charge in [-0.3, -0.25) is 0 Å². The summed E-state index contributed by atoms with van der Waals surface area (Å²) in [6, 6.07) is 66.3. The normalized spacial score (nSPS) is 11.5. The molecule has 0 saturated heterocycles. The van der Waals surface area contributed by atoms with E-state index in [2.05, 4.69) is 176 Å². The molecule has 0 amide bonds. The van der Waals surface area contributed by atoms with Crippen molar-refractivity contribution in [2.24, 2.45) is 0 Å². The van der Waals surface area contributed by atoms with Crippen LogP contribution in [0.3, 0.4) is 0 Å². The molecule has 3 nitrogen and oxygen atoms in total. The first-order valence-electron chi connectivity index (χ1n) is 17.6. The lowest BCUT2D eigenvalue weighted by Gasteiger charge is -2.15. The van der Waals surface area contributed by atoms with E-state index in [1.54, 1.807) is 0 Å². The van der Waals surface area contributed by atoms with Gasteiger partial charge in [-0.05, 0) is 78.5 Å². The lowest BCUT2D eigenvalue weighted by atomic mass is 9.91. The highest BCUT2D eigenvalue weighted by Crippen LogP contribution is 2.52. The van der Waals surface area contributed by atoms with E-state index in [0.717, 1.165) is 33.4 Å².